The van der Waals surface area contributed by atoms with E-state index >= 15 is 0 Å². The Morgan fingerprint density at radius 1 is 1.15 bits per heavy atom. The Morgan fingerprint density at radius 2 is 1.88 bits per heavy atom. The number of hydrogen-bond donors (Lipinski definition) is 1. The lowest BCUT2D eigenvalue weighted by Gasteiger charge is -2.36. The van der Waals surface area contributed by atoms with Crippen molar-refractivity contribution in [1.82, 2.24) is 4.90 Å². The summed E-state index contributed by atoms with van der Waals surface area (Å²) in [5, 5.41) is 2.67. The molecule has 3 rings (SSSR count). The number of alkyl halides is 3. The van der Waals surface area contributed by atoms with E-state index in [4.69, 9.17) is 0 Å². The second kappa shape index (κ2) is 7.57. The maximum absolute atomic E-state index is 13.0. The van der Waals surface area contributed by atoms with Gasteiger partial charge in [-0.15, -0.1) is 0 Å². The number of carbonyl (C=O) groups is 1. The standard InChI is InChI=1S/C18H16F4N2OS/c19-14-4-6-15(7-5-14)23-17(25)24-8-9-26-11-16(24)12-2-1-3-13(10-12)18(20,21)22/h1-7,10,16H,8-9,11H2,(H,23,25). The predicted octanol–water partition coefficient (Wildman–Crippen LogP) is 5.17. The fraction of sp³-hybridized carbons (Fsp3) is 0.278. The highest BCUT2D eigenvalue weighted by Crippen LogP contribution is 2.34. The molecule has 1 aliphatic heterocycles. The van der Waals surface area contributed by atoms with Gasteiger partial charge in [0.15, 0.2) is 0 Å². The van der Waals surface area contributed by atoms with Crippen LogP contribution in [0.4, 0.5) is 28.0 Å². The van der Waals surface area contributed by atoms with Gasteiger partial charge in [0, 0.05) is 23.7 Å². The summed E-state index contributed by atoms with van der Waals surface area (Å²) in [5.41, 5.74) is 0.142. The van der Waals surface area contributed by atoms with Crippen molar-refractivity contribution >= 4 is 23.5 Å². The van der Waals surface area contributed by atoms with Gasteiger partial charge < -0.3 is 10.2 Å². The van der Waals surface area contributed by atoms with E-state index < -0.39 is 29.6 Å². The molecule has 1 saturated heterocycles. The van der Waals surface area contributed by atoms with Crippen LogP contribution < -0.4 is 5.32 Å². The predicted molar refractivity (Wildman–Crippen MR) is 93.6 cm³/mol. The van der Waals surface area contributed by atoms with E-state index in [1.807, 2.05) is 0 Å². The number of carbonyl (C=O) groups excluding carboxylic acids is 1. The first-order chi connectivity index (χ1) is 12.3. The number of halogens is 4. The highest BCUT2D eigenvalue weighted by Gasteiger charge is 2.33. The van der Waals surface area contributed by atoms with E-state index in [-0.39, 0.29) is 0 Å². The molecule has 0 saturated carbocycles. The molecule has 1 unspecified atom stereocenters. The Morgan fingerprint density at radius 3 is 2.58 bits per heavy atom. The maximum atomic E-state index is 13.0. The Kier molecular flexibility index (Phi) is 5.41. The fourth-order valence-electron chi connectivity index (χ4n) is 2.77. The van der Waals surface area contributed by atoms with Gasteiger partial charge >= 0.3 is 12.2 Å². The van der Waals surface area contributed by atoms with Gasteiger partial charge in [-0.3, -0.25) is 0 Å². The second-order valence-electron chi connectivity index (χ2n) is 5.84. The number of urea groups is 1. The molecule has 0 aromatic heterocycles. The topological polar surface area (TPSA) is 32.3 Å². The zero-order valence-electron chi connectivity index (χ0n) is 13.6. The summed E-state index contributed by atoms with van der Waals surface area (Å²) in [5.74, 6) is 0.795. The van der Waals surface area contributed by atoms with Crippen molar-refractivity contribution in [2.75, 3.05) is 23.4 Å². The maximum Gasteiger partial charge on any atom is 0.416 e. The lowest BCUT2D eigenvalue weighted by Crippen LogP contribution is -2.43. The van der Waals surface area contributed by atoms with E-state index in [9.17, 15) is 22.4 Å². The fourth-order valence-corrected chi connectivity index (χ4v) is 3.86. The van der Waals surface area contributed by atoms with Crippen LogP contribution >= 0.6 is 11.8 Å². The number of rotatable bonds is 2. The normalized spacial score (nSPS) is 17.8. The summed E-state index contributed by atoms with van der Waals surface area (Å²) >= 11 is 1.59. The molecule has 1 heterocycles. The van der Waals surface area contributed by atoms with Crippen molar-refractivity contribution in [3.05, 3.63) is 65.5 Å². The van der Waals surface area contributed by atoms with Crippen molar-refractivity contribution in [3.63, 3.8) is 0 Å². The molecule has 1 fully saturated rings. The number of benzene rings is 2. The number of anilines is 1. The molecule has 1 N–H and O–H groups in total. The quantitative estimate of drug-likeness (QED) is 0.725. The average molecular weight is 384 g/mol. The van der Waals surface area contributed by atoms with Crippen molar-refractivity contribution in [2.45, 2.75) is 12.2 Å². The van der Waals surface area contributed by atoms with Crippen molar-refractivity contribution in [1.29, 1.82) is 0 Å². The summed E-state index contributed by atoms with van der Waals surface area (Å²) in [6.07, 6.45) is -4.43. The minimum atomic E-state index is -4.43. The Balaban J connectivity index is 1.81. The van der Waals surface area contributed by atoms with Crippen molar-refractivity contribution in [3.8, 4) is 0 Å². The third-order valence-corrected chi connectivity index (χ3v) is 5.11. The summed E-state index contributed by atoms with van der Waals surface area (Å²) in [6, 6.07) is 9.51. The number of nitrogens with zero attached hydrogens (tertiary/aromatic N) is 1. The SMILES string of the molecule is O=C(Nc1ccc(F)cc1)N1CCSCC1c1cccc(C(F)(F)F)c1. The third-order valence-electron chi connectivity index (χ3n) is 4.08. The monoisotopic (exact) mass is 384 g/mol. The highest BCUT2D eigenvalue weighted by molar-refractivity contribution is 7.99. The molecule has 8 heteroatoms. The second-order valence-corrected chi connectivity index (χ2v) is 6.99. The summed E-state index contributed by atoms with van der Waals surface area (Å²) in [6.45, 7) is 0.415. The summed E-state index contributed by atoms with van der Waals surface area (Å²) in [4.78, 5) is 14.1. The molecular weight excluding hydrogens is 368 g/mol. The highest BCUT2D eigenvalue weighted by atomic mass is 32.2. The van der Waals surface area contributed by atoms with E-state index in [0.717, 1.165) is 12.1 Å². The van der Waals surface area contributed by atoms with Crippen LogP contribution in [0.25, 0.3) is 0 Å². The van der Waals surface area contributed by atoms with Gasteiger partial charge in [-0.05, 0) is 42.0 Å². The smallest absolute Gasteiger partial charge is 0.316 e. The molecule has 0 radical (unpaired) electrons. The molecule has 2 amide bonds. The molecule has 3 nitrogen and oxygen atoms in total. The number of nitrogens with one attached hydrogen (secondary N) is 1. The molecule has 138 valence electrons. The van der Waals surface area contributed by atoms with E-state index in [1.165, 1.54) is 35.2 Å². The molecule has 0 spiro atoms. The Hall–Kier alpha value is -2.22. The average Bonchev–Trinajstić information content (AvgIpc) is 2.63. The first-order valence-electron chi connectivity index (χ1n) is 7.93. The van der Waals surface area contributed by atoms with Crippen LogP contribution in [0.3, 0.4) is 0 Å². The zero-order valence-corrected chi connectivity index (χ0v) is 14.4. The van der Waals surface area contributed by atoms with E-state index in [2.05, 4.69) is 5.32 Å². The van der Waals surface area contributed by atoms with Crippen LogP contribution in [-0.4, -0.2) is 29.0 Å². The Labute approximate surface area is 152 Å². The third kappa shape index (κ3) is 4.30. The van der Waals surface area contributed by atoms with Crippen LogP contribution in [0.2, 0.25) is 0 Å². The number of amides is 2. The van der Waals surface area contributed by atoms with E-state index in [0.29, 0.717) is 29.3 Å². The van der Waals surface area contributed by atoms with Gasteiger partial charge in [0.2, 0.25) is 0 Å². The van der Waals surface area contributed by atoms with Crippen LogP contribution in [0, 0.1) is 5.82 Å². The van der Waals surface area contributed by atoms with Crippen LogP contribution in [0.15, 0.2) is 48.5 Å². The Bertz CT molecular complexity index is 780. The van der Waals surface area contributed by atoms with Crippen molar-refractivity contribution < 1.29 is 22.4 Å². The van der Waals surface area contributed by atoms with Crippen LogP contribution in [-0.2, 0) is 6.18 Å². The molecule has 1 aliphatic rings. The molecule has 26 heavy (non-hydrogen) atoms. The zero-order chi connectivity index (χ0) is 18.7. The molecule has 1 atom stereocenters. The molecular formula is C18H16F4N2OS. The first-order valence-corrected chi connectivity index (χ1v) is 9.08. The summed E-state index contributed by atoms with van der Waals surface area (Å²) < 4.78 is 51.9. The minimum Gasteiger partial charge on any atom is -0.316 e. The van der Waals surface area contributed by atoms with E-state index in [1.54, 1.807) is 17.8 Å². The molecule has 0 bridgehead atoms. The van der Waals surface area contributed by atoms with Gasteiger partial charge in [0.05, 0.1) is 11.6 Å². The molecule has 2 aromatic carbocycles. The minimum absolute atomic E-state index is 0.415. The van der Waals surface area contributed by atoms with Gasteiger partial charge in [-0.2, -0.15) is 24.9 Å². The molecule has 2 aromatic rings. The largest absolute Gasteiger partial charge is 0.416 e. The number of hydrogen-bond acceptors (Lipinski definition) is 2. The van der Waals surface area contributed by atoms with Gasteiger partial charge in [-0.25, -0.2) is 9.18 Å². The lowest BCUT2D eigenvalue weighted by atomic mass is 10.0. The van der Waals surface area contributed by atoms with Gasteiger partial charge in [-0.1, -0.05) is 12.1 Å². The first kappa shape index (κ1) is 18.6. The van der Waals surface area contributed by atoms with Crippen LogP contribution in [0.1, 0.15) is 17.2 Å². The molecule has 0 aliphatic carbocycles. The van der Waals surface area contributed by atoms with Crippen LogP contribution in [0.5, 0.6) is 0 Å². The lowest BCUT2D eigenvalue weighted by molar-refractivity contribution is -0.137. The number of thioether (sulfide) groups is 1. The van der Waals surface area contributed by atoms with Gasteiger partial charge in [0.25, 0.3) is 0 Å². The summed E-state index contributed by atoms with van der Waals surface area (Å²) in [7, 11) is 0. The van der Waals surface area contributed by atoms with Crippen molar-refractivity contribution in [2.24, 2.45) is 0 Å². The van der Waals surface area contributed by atoms with Gasteiger partial charge in [0.1, 0.15) is 5.82 Å².